The standard InChI is InChI=1S/C18H15Cl2N3O3/c1-21-16(24)15(17(25)22(2)18(21)26)11-6-8-23(9-7-11)10-12-13(19)4-3-5-14(12)20/h3-9H,10H2,1-2H3. The fourth-order valence-corrected chi connectivity index (χ4v) is 3.18. The second kappa shape index (κ2) is 6.97. The number of urea groups is 1. The number of amides is 4. The lowest BCUT2D eigenvalue weighted by Crippen LogP contribution is -2.53. The first kappa shape index (κ1) is 18.2. The number of carbonyl (C=O) groups is 3. The Labute approximate surface area is 160 Å². The van der Waals surface area contributed by atoms with Gasteiger partial charge in [-0.2, -0.15) is 0 Å². The van der Waals surface area contributed by atoms with Crippen molar-refractivity contribution in [1.82, 2.24) is 14.7 Å². The summed E-state index contributed by atoms with van der Waals surface area (Å²) in [5, 5.41) is 1.12. The van der Waals surface area contributed by atoms with Crippen LogP contribution in [-0.2, 0) is 16.1 Å². The van der Waals surface area contributed by atoms with Gasteiger partial charge in [-0.1, -0.05) is 29.3 Å². The molecule has 1 fully saturated rings. The highest BCUT2D eigenvalue weighted by Crippen LogP contribution is 2.28. The molecular formula is C18H15Cl2N3O3. The fourth-order valence-electron chi connectivity index (χ4n) is 2.67. The zero-order valence-electron chi connectivity index (χ0n) is 14.1. The molecule has 0 unspecified atom stereocenters. The van der Waals surface area contributed by atoms with E-state index in [9.17, 15) is 14.4 Å². The number of nitrogens with zero attached hydrogens (tertiary/aromatic N) is 3. The maximum absolute atomic E-state index is 12.3. The predicted molar refractivity (Wildman–Crippen MR) is 98.2 cm³/mol. The lowest BCUT2D eigenvalue weighted by Gasteiger charge is -2.30. The lowest BCUT2D eigenvalue weighted by molar-refractivity contribution is -0.134. The first-order chi connectivity index (χ1) is 12.3. The van der Waals surface area contributed by atoms with E-state index >= 15 is 0 Å². The molecule has 0 radical (unpaired) electrons. The molecule has 0 saturated carbocycles. The zero-order valence-corrected chi connectivity index (χ0v) is 15.6. The van der Waals surface area contributed by atoms with Gasteiger partial charge in [-0.05, 0) is 29.9 Å². The van der Waals surface area contributed by atoms with Gasteiger partial charge >= 0.3 is 6.03 Å². The number of benzene rings is 1. The zero-order chi connectivity index (χ0) is 19.0. The molecule has 1 saturated heterocycles. The monoisotopic (exact) mass is 391 g/mol. The molecule has 2 heterocycles. The van der Waals surface area contributed by atoms with Crippen LogP contribution in [0.2, 0.25) is 10.0 Å². The highest BCUT2D eigenvalue weighted by atomic mass is 35.5. The van der Waals surface area contributed by atoms with Crippen LogP contribution in [0.5, 0.6) is 0 Å². The molecule has 26 heavy (non-hydrogen) atoms. The van der Waals surface area contributed by atoms with E-state index < -0.39 is 17.8 Å². The van der Waals surface area contributed by atoms with Crippen LogP contribution in [0.4, 0.5) is 4.79 Å². The molecule has 0 aliphatic carbocycles. The third-order valence-corrected chi connectivity index (χ3v) is 4.90. The average molecular weight is 392 g/mol. The largest absolute Gasteiger partial charge is 0.350 e. The lowest BCUT2D eigenvalue weighted by atomic mass is 10.0. The van der Waals surface area contributed by atoms with E-state index in [0.717, 1.165) is 15.4 Å². The van der Waals surface area contributed by atoms with Crippen LogP contribution in [0, 0.1) is 0 Å². The van der Waals surface area contributed by atoms with E-state index in [-0.39, 0.29) is 5.57 Å². The van der Waals surface area contributed by atoms with Gasteiger partial charge in [0.1, 0.15) is 5.57 Å². The van der Waals surface area contributed by atoms with E-state index in [1.807, 2.05) is 4.90 Å². The SMILES string of the molecule is CN1C(=O)C(=C2C=CN(Cc3c(Cl)cccc3Cl)C=C2)C(=O)N(C)C1=O. The van der Waals surface area contributed by atoms with Crippen molar-refractivity contribution in [2.45, 2.75) is 6.54 Å². The number of carbonyl (C=O) groups excluding carboxylic acids is 3. The molecule has 8 heteroatoms. The summed E-state index contributed by atoms with van der Waals surface area (Å²) in [6, 6.07) is 4.64. The molecule has 2 aliphatic rings. The van der Waals surface area contributed by atoms with Gasteiger partial charge < -0.3 is 4.90 Å². The summed E-state index contributed by atoms with van der Waals surface area (Å²) in [6.07, 6.45) is 6.73. The van der Waals surface area contributed by atoms with Gasteiger partial charge in [0.05, 0.1) is 0 Å². The molecule has 2 aliphatic heterocycles. The van der Waals surface area contributed by atoms with Gasteiger partial charge in [-0.3, -0.25) is 19.4 Å². The average Bonchev–Trinajstić information content (AvgIpc) is 2.63. The number of halogens is 2. The second-order valence-corrected chi connectivity index (χ2v) is 6.66. The molecule has 4 amide bonds. The number of rotatable bonds is 2. The Morgan fingerprint density at radius 3 is 1.88 bits per heavy atom. The predicted octanol–water partition coefficient (Wildman–Crippen LogP) is 3.18. The Kier molecular flexibility index (Phi) is 4.89. The minimum Gasteiger partial charge on any atom is -0.350 e. The molecule has 0 spiro atoms. The molecule has 134 valence electrons. The van der Waals surface area contributed by atoms with Gasteiger partial charge in [0.2, 0.25) is 0 Å². The van der Waals surface area contributed by atoms with E-state index in [2.05, 4.69) is 0 Å². The van der Waals surface area contributed by atoms with Crippen molar-refractivity contribution >= 4 is 41.0 Å². The van der Waals surface area contributed by atoms with Crippen molar-refractivity contribution < 1.29 is 14.4 Å². The highest BCUT2D eigenvalue weighted by molar-refractivity contribution is 6.36. The minimum atomic E-state index is -0.650. The van der Waals surface area contributed by atoms with Crippen LogP contribution in [0.3, 0.4) is 0 Å². The van der Waals surface area contributed by atoms with Crippen molar-refractivity contribution in [3.05, 3.63) is 69.5 Å². The number of hydrogen-bond acceptors (Lipinski definition) is 4. The topological polar surface area (TPSA) is 60.9 Å². The summed E-state index contributed by atoms with van der Waals surface area (Å²) in [6.45, 7) is 0.439. The fraction of sp³-hybridized carbons (Fsp3) is 0.167. The number of hydrogen-bond donors (Lipinski definition) is 0. The van der Waals surface area contributed by atoms with Crippen molar-refractivity contribution in [2.24, 2.45) is 0 Å². The van der Waals surface area contributed by atoms with Crippen LogP contribution < -0.4 is 0 Å². The van der Waals surface area contributed by atoms with Crippen LogP contribution in [0.15, 0.2) is 53.9 Å². The third-order valence-electron chi connectivity index (χ3n) is 4.19. The molecule has 6 nitrogen and oxygen atoms in total. The van der Waals surface area contributed by atoms with Crippen LogP contribution in [0.25, 0.3) is 0 Å². The molecule has 0 bridgehead atoms. The van der Waals surface area contributed by atoms with Crippen molar-refractivity contribution in [2.75, 3.05) is 14.1 Å². The Morgan fingerprint density at radius 1 is 0.885 bits per heavy atom. The molecule has 1 aromatic carbocycles. The third kappa shape index (κ3) is 3.13. The van der Waals surface area contributed by atoms with Gasteiger partial charge in [0, 0.05) is 48.6 Å². The second-order valence-electron chi connectivity index (χ2n) is 5.85. The molecule has 0 atom stereocenters. The molecule has 0 N–H and O–H groups in total. The summed E-state index contributed by atoms with van der Waals surface area (Å²) in [5.74, 6) is -1.24. The van der Waals surface area contributed by atoms with E-state index in [1.165, 1.54) is 14.1 Å². The van der Waals surface area contributed by atoms with E-state index in [0.29, 0.717) is 22.2 Å². The Hall–Kier alpha value is -2.57. The van der Waals surface area contributed by atoms with Crippen LogP contribution in [0.1, 0.15) is 5.56 Å². The highest BCUT2D eigenvalue weighted by Gasteiger charge is 2.39. The quantitative estimate of drug-likeness (QED) is 0.573. The molecule has 3 rings (SSSR count). The molecular weight excluding hydrogens is 377 g/mol. The minimum absolute atomic E-state index is 0.0440. The Bertz CT molecular complexity index is 843. The molecule has 1 aromatic rings. The van der Waals surface area contributed by atoms with Gasteiger partial charge in [0.15, 0.2) is 0 Å². The normalized spacial score (nSPS) is 17.7. The number of likely N-dealkylation sites (N-methyl/N-ethyl adjacent to an activating group) is 2. The van der Waals surface area contributed by atoms with Crippen molar-refractivity contribution in [1.29, 1.82) is 0 Å². The first-order valence-electron chi connectivity index (χ1n) is 7.70. The smallest absolute Gasteiger partial charge is 0.333 e. The van der Waals surface area contributed by atoms with Gasteiger partial charge in [-0.15, -0.1) is 0 Å². The Morgan fingerprint density at radius 2 is 1.38 bits per heavy atom. The number of barbiturate groups is 1. The maximum atomic E-state index is 12.3. The van der Waals surface area contributed by atoms with E-state index in [4.69, 9.17) is 23.2 Å². The van der Waals surface area contributed by atoms with Gasteiger partial charge in [-0.25, -0.2) is 4.79 Å². The van der Waals surface area contributed by atoms with Crippen LogP contribution >= 0.6 is 23.2 Å². The summed E-state index contributed by atoms with van der Waals surface area (Å²) >= 11 is 12.4. The molecule has 0 aromatic heterocycles. The summed E-state index contributed by atoms with van der Waals surface area (Å²) in [7, 11) is 2.69. The van der Waals surface area contributed by atoms with Crippen LogP contribution in [-0.4, -0.2) is 46.6 Å². The number of imide groups is 2. The van der Waals surface area contributed by atoms with Gasteiger partial charge in [0.25, 0.3) is 11.8 Å². The van der Waals surface area contributed by atoms with Crippen molar-refractivity contribution in [3.8, 4) is 0 Å². The van der Waals surface area contributed by atoms with Crippen molar-refractivity contribution in [3.63, 3.8) is 0 Å². The maximum Gasteiger partial charge on any atom is 0.333 e. The van der Waals surface area contributed by atoms with E-state index in [1.54, 1.807) is 42.8 Å². The summed E-state index contributed by atoms with van der Waals surface area (Å²) < 4.78 is 0. The summed E-state index contributed by atoms with van der Waals surface area (Å²) in [4.78, 5) is 40.1. The Balaban J connectivity index is 1.86. The summed E-state index contributed by atoms with van der Waals surface area (Å²) in [5.41, 5.74) is 1.17. The first-order valence-corrected chi connectivity index (χ1v) is 8.46. The number of allylic oxidation sites excluding steroid dienone is 3.